The summed E-state index contributed by atoms with van der Waals surface area (Å²) in [6, 6.07) is 0. The smallest absolute Gasteiger partial charge is 0.244 e. The highest BCUT2D eigenvalue weighted by molar-refractivity contribution is 7.89. The molecule has 1 saturated heterocycles. The van der Waals surface area contributed by atoms with Crippen molar-refractivity contribution in [3.05, 3.63) is 17.1 Å². The quantitative estimate of drug-likeness (QED) is 0.796. The molecule has 7 heteroatoms. The molecule has 0 bridgehead atoms. The van der Waals surface area contributed by atoms with E-state index in [4.69, 9.17) is 9.15 Å². The van der Waals surface area contributed by atoms with E-state index in [0.29, 0.717) is 36.8 Å². The van der Waals surface area contributed by atoms with Crippen LogP contribution in [0.1, 0.15) is 36.8 Å². The fourth-order valence-electron chi connectivity index (χ4n) is 2.60. The van der Waals surface area contributed by atoms with Crippen LogP contribution in [0.4, 0.5) is 0 Å². The predicted molar refractivity (Wildman–Crippen MR) is 79.7 cm³/mol. The normalized spacial score (nSPS) is 19.3. The van der Waals surface area contributed by atoms with Crippen LogP contribution < -0.4 is 10.0 Å². The van der Waals surface area contributed by atoms with Crippen molar-refractivity contribution >= 4 is 10.0 Å². The number of hydrogen-bond acceptors (Lipinski definition) is 5. The Bertz CT molecular complexity index is 574. The number of ether oxygens (including phenoxy) is 1. The molecule has 1 unspecified atom stereocenters. The first kappa shape index (κ1) is 16.5. The van der Waals surface area contributed by atoms with E-state index in [1.807, 2.05) is 6.92 Å². The van der Waals surface area contributed by atoms with Gasteiger partial charge in [0.15, 0.2) is 0 Å². The largest absolute Gasteiger partial charge is 0.465 e. The number of hydrogen-bond donors (Lipinski definition) is 2. The zero-order chi connectivity index (χ0) is 15.5. The van der Waals surface area contributed by atoms with Crippen LogP contribution in [0.25, 0.3) is 0 Å². The summed E-state index contributed by atoms with van der Waals surface area (Å²) in [5.41, 5.74) is 0.703. The monoisotopic (exact) mass is 316 g/mol. The minimum atomic E-state index is -3.58. The second kappa shape index (κ2) is 6.91. The molecule has 0 amide bonds. The van der Waals surface area contributed by atoms with E-state index in [0.717, 1.165) is 19.4 Å². The second-order valence-electron chi connectivity index (χ2n) is 5.29. The minimum absolute atomic E-state index is 0.0229. The summed E-state index contributed by atoms with van der Waals surface area (Å²) in [6.07, 6.45) is 1.86. The molecular weight excluding hydrogens is 292 g/mol. The molecule has 1 aromatic rings. The van der Waals surface area contributed by atoms with Crippen LogP contribution in [0.5, 0.6) is 0 Å². The lowest BCUT2D eigenvalue weighted by Gasteiger charge is -2.12. The Kier molecular flexibility index (Phi) is 5.43. The zero-order valence-electron chi connectivity index (χ0n) is 12.9. The summed E-state index contributed by atoms with van der Waals surface area (Å²) >= 11 is 0. The molecule has 0 aromatic carbocycles. The molecule has 6 nitrogen and oxygen atoms in total. The van der Waals surface area contributed by atoms with Gasteiger partial charge < -0.3 is 14.5 Å². The van der Waals surface area contributed by atoms with Crippen LogP contribution in [0.15, 0.2) is 9.31 Å². The number of sulfonamides is 1. The minimum Gasteiger partial charge on any atom is -0.465 e. The van der Waals surface area contributed by atoms with Gasteiger partial charge in [-0.3, -0.25) is 0 Å². The lowest BCUT2D eigenvalue weighted by Crippen LogP contribution is -2.32. The van der Waals surface area contributed by atoms with Crippen molar-refractivity contribution in [2.75, 3.05) is 19.7 Å². The van der Waals surface area contributed by atoms with E-state index in [-0.39, 0.29) is 11.0 Å². The second-order valence-corrected chi connectivity index (χ2v) is 6.99. The van der Waals surface area contributed by atoms with Crippen LogP contribution in [0.2, 0.25) is 0 Å². The molecule has 0 radical (unpaired) electrons. The topological polar surface area (TPSA) is 80.6 Å². The Morgan fingerprint density at radius 2 is 2.05 bits per heavy atom. The Morgan fingerprint density at radius 1 is 1.29 bits per heavy atom. The first-order valence-electron chi connectivity index (χ1n) is 7.36. The van der Waals surface area contributed by atoms with Gasteiger partial charge in [-0.25, -0.2) is 13.1 Å². The van der Waals surface area contributed by atoms with Gasteiger partial charge in [-0.05, 0) is 33.2 Å². The molecule has 2 heterocycles. The van der Waals surface area contributed by atoms with Gasteiger partial charge >= 0.3 is 0 Å². The van der Waals surface area contributed by atoms with E-state index in [1.165, 1.54) is 0 Å². The van der Waals surface area contributed by atoms with E-state index < -0.39 is 10.0 Å². The first-order valence-corrected chi connectivity index (χ1v) is 8.85. The Morgan fingerprint density at radius 3 is 2.67 bits per heavy atom. The zero-order valence-corrected chi connectivity index (χ0v) is 13.7. The van der Waals surface area contributed by atoms with Crippen molar-refractivity contribution < 1.29 is 17.6 Å². The highest BCUT2D eigenvalue weighted by Crippen LogP contribution is 2.26. The van der Waals surface area contributed by atoms with Crippen molar-refractivity contribution in [1.29, 1.82) is 0 Å². The maximum absolute atomic E-state index is 12.6. The van der Waals surface area contributed by atoms with E-state index in [2.05, 4.69) is 10.0 Å². The maximum Gasteiger partial charge on any atom is 0.244 e. The molecule has 1 fully saturated rings. The van der Waals surface area contributed by atoms with Gasteiger partial charge in [0.05, 0.1) is 6.10 Å². The molecule has 0 saturated carbocycles. The van der Waals surface area contributed by atoms with Crippen molar-refractivity contribution in [3.63, 3.8) is 0 Å². The van der Waals surface area contributed by atoms with Crippen LogP contribution in [-0.4, -0.2) is 34.2 Å². The third-order valence-electron chi connectivity index (χ3n) is 3.67. The van der Waals surface area contributed by atoms with Gasteiger partial charge in [-0.1, -0.05) is 6.92 Å². The van der Waals surface area contributed by atoms with E-state index in [1.54, 1.807) is 13.8 Å². The summed E-state index contributed by atoms with van der Waals surface area (Å²) in [5.74, 6) is 1.08. The maximum atomic E-state index is 12.6. The number of furan rings is 1. The third kappa shape index (κ3) is 3.85. The molecule has 2 N–H and O–H groups in total. The summed E-state index contributed by atoms with van der Waals surface area (Å²) < 4.78 is 38.7. The van der Waals surface area contributed by atoms with Crippen molar-refractivity contribution in [2.24, 2.45) is 0 Å². The van der Waals surface area contributed by atoms with Gasteiger partial charge in [0.1, 0.15) is 16.4 Å². The Labute approximate surface area is 126 Å². The van der Waals surface area contributed by atoms with Gasteiger partial charge in [0, 0.05) is 25.3 Å². The van der Waals surface area contributed by atoms with Crippen LogP contribution in [0, 0.1) is 13.8 Å². The Balaban J connectivity index is 2.17. The molecule has 1 aliphatic rings. The SMILES string of the molecule is CCNCc1c(C)oc(C)c1S(=O)(=O)NCC1CCCO1. The molecule has 0 spiro atoms. The van der Waals surface area contributed by atoms with Crippen LogP contribution in [-0.2, 0) is 21.3 Å². The highest BCUT2D eigenvalue weighted by Gasteiger charge is 2.28. The first-order chi connectivity index (χ1) is 9.95. The van der Waals surface area contributed by atoms with Gasteiger partial charge in [-0.15, -0.1) is 0 Å². The molecule has 0 aliphatic carbocycles. The summed E-state index contributed by atoms with van der Waals surface area (Å²) in [7, 11) is -3.58. The lowest BCUT2D eigenvalue weighted by atomic mass is 10.2. The summed E-state index contributed by atoms with van der Waals surface area (Å²) in [5, 5.41) is 3.15. The third-order valence-corrected chi connectivity index (χ3v) is 5.29. The van der Waals surface area contributed by atoms with Gasteiger partial charge in [0.2, 0.25) is 10.0 Å². The van der Waals surface area contributed by atoms with Gasteiger partial charge in [-0.2, -0.15) is 0 Å². The number of aryl methyl sites for hydroxylation is 2. The van der Waals surface area contributed by atoms with Crippen LogP contribution in [0.3, 0.4) is 0 Å². The molecule has 120 valence electrons. The summed E-state index contributed by atoms with van der Waals surface area (Å²) in [6.45, 7) is 7.73. The summed E-state index contributed by atoms with van der Waals surface area (Å²) in [4.78, 5) is 0.263. The molecule has 1 aliphatic heterocycles. The average molecular weight is 316 g/mol. The van der Waals surface area contributed by atoms with Gasteiger partial charge in [0.25, 0.3) is 0 Å². The fraction of sp³-hybridized carbons (Fsp3) is 0.714. The fourth-order valence-corrected chi connectivity index (χ4v) is 4.11. The number of nitrogens with one attached hydrogen (secondary N) is 2. The number of rotatable bonds is 7. The molecule has 21 heavy (non-hydrogen) atoms. The molecule has 1 aromatic heterocycles. The lowest BCUT2D eigenvalue weighted by molar-refractivity contribution is 0.114. The van der Waals surface area contributed by atoms with Crippen molar-refractivity contribution in [1.82, 2.24) is 10.0 Å². The molecule has 2 rings (SSSR count). The van der Waals surface area contributed by atoms with Crippen molar-refractivity contribution in [3.8, 4) is 0 Å². The Hall–Kier alpha value is -0.890. The predicted octanol–water partition coefficient (Wildman–Crippen LogP) is 1.46. The van der Waals surface area contributed by atoms with Crippen molar-refractivity contribution in [2.45, 2.75) is 51.2 Å². The van der Waals surface area contributed by atoms with E-state index in [9.17, 15) is 8.42 Å². The molecule has 1 atom stereocenters. The standard InChI is InChI=1S/C14H24N2O4S/c1-4-15-9-13-10(2)20-11(3)14(13)21(17,18)16-8-12-6-5-7-19-12/h12,15-16H,4-9H2,1-3H3. The molecular formula is C14H24N2O4S. The average Bonchev–Trinajstić information content (AvgIpc) is 3.02. The van der Waals surface area contributed by atoms with Crippen LogP contribution >= 0.6 is 0 Å². The highest BCUT2D eigenvalue weighted by atomic mass is 32.2. The van der Waals surface area contributed by atoms with E-state index >= 15 is 0 Å².